The second kappa shape index (κ2) is 11.8. The van der Waals surface area contributed by atoms with E-state index in [1.54, 1.807) is 24.3 Å². The van der Waals surface area contributed by atoms with E-state index in [1.165, 1.54) is 60.7 Å². The number of hydrogen-bond acceptors (Lipinski definition) is 4. The highest BCUT2D eigenvalue weighted by Crippen LogP contribution is 2.65. The van der Waals surface area contributed by atoms with Crippen LogP contribution in [0.2, 0.25) is 0 Å². The second-order valence-electron chi connectivity index (χ2n) is 9.06. The Bertz CT molecular complexity index is 1680. The van der Waals surface area contributed by atoms with Crippen LogP contribution in [0, 0.1) is 48.1 Å². The Balaban J connectivity index is 2.05. The quantitative estimate of drug-likeness (QED) is 0.122. The minimum absolute atomic E-state index is 0.0548. The molecule has 0 heterocycles. The van der Waals surface area contributed by atoms with Crippen LogP contribution in [0.4, 0.5) is 8.78 Å². The van der Waals surface area contributed by atoms with Crippen molar-refractivity contribution in [3.8, 4) is 12.1 Å². The average molecular weight is 576 g/mol. The lowest BCUT2D eigenvalue weighted by Crippen LogP contribution is -2.22. The van der Waals surface area contributed by atoms with Gasteiger partial charge in [-0.05, 0) is 80.1 Å². The molecule has 0 bridgehead atoms. The van der Waals surface area contributed by atoms with Crippen molar-refractivity contribution in [3.63, 3.8) is 0 Å². The number of hydrogen-bond donors (Lipinski definition) is 0. The molecule has 9 heteroatoms. The van der Waals surface area contributed by atoms with E-state index in [9.17, 15) is 27.7 Å². The standard InChI is InChI=1S/C31H24F2N2O3S2/c1-22-3-7-24(8-4-22)31(25(19-34)20-35)21-39(28-15-9-26(32)10-16-28,29-17-11-27(33)12-18-29)38-40(36,37)30-13-5-23(2)6-14-30/h3-18H,21H2,1-2H3/p+1. The Morgan fingerprint density at radius 3 is 1.50 bits per heavy atom. The molecule has 0 aliphatic rings. The molecule has 0 atom stereocenters. The first kappa shape index (κ1) is 28.7. The fourth-order valence-corrected chi connectivity index (χ4v) is 9.65. The maximum Gasteiger partial charge on any atom is 0.421 e. The molecule has 0 aliphatic heterocycles. The molecule has 5 nitrogen and oxygen atoms in total. The fraction of sp³-hybridized carbons (Fsp3) is 0.0968. The molecule has 40 heavy (non-hydrogen) atoms. The monoisotopic (exact) mass is 575 g/mol. The van der Waals surface area contributed by atoms with E-state index < -0.39 is 32.1 Å². The van der Waals surface area contributed by atoms with Gasteiger partial charge in [0.2, 0.25) is 0 Å². The lowest BCUT2D eigenvalue weighted by atomic mass is 10.0. The lowest BCUT2D eigenvalue weighted by Gasteiger charge is -2.35. The van der Waals surface area contributed by atoms with Crippen molar-refractivity contribution in [3.05, 3.63) is 131 Å². The number of aryl methyl sites for hydroxylation is 2. The normalized spacial score (nSPS) is 11.8. The molecular weight excluding hydrogens is 550 g/mol. The third-order valence-corrected chi connectivity index (χ3v) is 11.7. The Morgan fingerprint density at radius 1 is 0.675 bits per heavy atom. The van der Waals surface area contributed by atoms with E-state index in [0.717, 1.165) is 11.1 Å². The maximum atomic E-state index is 14.1. The summed E-state index contributed by atoms with van der Waals surface area (Å²) in [6.07, 6.45) is 0. The van der Waals surface area contributed by atoms with E-state index in [-0.39, 0.29) is 21.8 Å². The van der Waals surface area contributed by atoms with E-state index in [4.69, 9.17) is 0 Å². The van der Waals surface area contributed by atoms with Crippen LogP contribution >= 0.6 is 10.3 Å². The molecule has 0 aromatic heterocycles. The van der Waals surface area contributed by atoms with Crippen molar-refractivity contribution in [2.24, 2.45) is 0 Å². The summed E-state index contributed by atoms with van der Waals surface area (Å²) in [6, 6.07) is 27.7. The van der Waals surface area contributed by atoms with E-state index in [0.29, 0.717) is 15.4 Å². The molecule has 0 amide bonds. The van der Waals surface area contributed by atoms with Gasteiger partial charge in [-0.25, -0.2) is 8.78 Å². The van der Waals surface area contributed by atoms with Crippen molar-refractivity contribution in [2.75, 3.05) is 5.75 Å². The third kappa shape index (κ3) is 6.13. The first-order chi connectivity index (χ1) is 19.1. The number of nitriles is 2. The Kier molecular flexibility index (Phi) is 8.51. The lowest BCUT2D eigenvalue weighted by molar-refractivity contribution is 0.388. The highest BCUT2D eigenvalue weighted by molar-refractivity contribution is 8.32. The predicted octanol–water partition coefficient (Wildman–Crippen LogP) is 7.70. The molecule has 1 N–H and O–H groups in total. The molecule has 202 valence electrons. The molecule has 0 fully saturated rings. The molecule has 0 unspecified atom stereocenters. The summed E-state index contributed by atoms with van der Waals surface area (Å²) < 4.78 is 60.5. The minimum atomic E-state index is -4.34. The summed E-state index contributed by atoms with van der Waals surface area (Å²) in [5, 5.41) is 19.8. The average Bonchev–Trinajstić information content (AvgIpc) is 2.94. The van der Waals surface area contributed by atoms with Crippen LogP contribution in [-0.4, -0.2) is 17.8 Å². The largest absolute Gasteiger partial charge is 0.421 e. The van der Waals surface area contributed by atoms with Crippen molar-refractivity contribution in [2.45, 2.75) is 28.5 Å². The third-order valence-electron chi connectivity index (χ3n) is 6.23. The minimum Gasteiger partial charge on any atom is -0.261 e. The molecule has 4 rings (SSSR count). The summed E-state index contributed by atoms with van der Waals surface area (Å²) >= 11 is 0. The van der Waals surface area contributed by atoms with E-state index in [2.05, 4.69) is 3.63 Å². The summed E-state index contributed by atoms with van der Waals surface area (Å²) in [4.78, 5) is 0.660. The van der Waals surface area contributed by atoms with Crippen molar-refractivity contribution < 1.29 is 20.8 Å². The van der Waals surface area contributed by atoms with Crippen LogP contribution in [-0.2, 0) is 10.1 Å². The number of rotatable bonds is 8. The van der Waals surface area contributed by atoms with Crippen molar-refractivity contribution in [1.82, 2.24) is 0 Å². The van der Waals surface area contributed by atoms with Crippen LogP contribution in [0.5, 0.6) is 0 Å². The van der Waals surface area contributed by atoms with E-state index in [1.807, 2.05) is 38.1 Å². The second-order valence-corrected chi connectivity index (χ2v) is 13.7. The van der Waals surface area contributed by atoms with Gasteiger partial charge in [0.05, 0.1) is 15.5 Å². The van der Waals surface area contributed by atoms with Gasteiger partial charge in [-0.1, -0.05) is 47.5 Å². The van der Waals surface area contributed by atoms with Crippen molar-refractivity contribution in [1.29, 1.82) is 10.5 Å². The van der Waals surface area contributed by atoms with Crippen LogP contribution in [0.1, 0.15) is 16.7 Å². The molecule has 4 aromatic rings. The molecular formula is C31H25F2N2O3S2+. The molecule has 4 aromatic carbocycles. The Morgan fingerprint density at radius 2 is 1.07 bits per heavy atom. The highest BCUT2D eigenvalue weighted by Gasteiger charge is 2.43. The Hall–Kier alpha value is -4.28. The van der Waals surface area contributed by atoms with Crippen LogP contribution in [0.15, 0.2) is 117 Å². The van der Waals surface area contributed by atoms with Crippen molar-refractivity contribution >= 4 is 26.0 Å². The number of halogens is 2. The van der Waals surface area contributed by atoms with Gasteiger partial charge in [0.25, 0.3) is 0 Å². The maximum absolute atomic E-state index is 14.1. The van der Waals surface area contributed by atoms with Gasteiger partial charge in [0.15, 0.2) is 0 Å². The van der Waals surface area contributed by atoms with Gasteiger partial charge < -0.3 is 0 Å². The molecule has 0 aliphatic carbocycles. The predicted molar refractivity (Wildman–Crippen MR) is 152 cm³/mol. The van der Waals surface area contributed by atoms with Crippen LogP contribution < -0.4 is 0 Å². The Labute approximate surface area is 234 Å². The summed E-state index contributed by atoms with van der Waals surface area (Å²) in [5.41, 5.74) is 2.39. The van der Waals surface area contributed by atoms with Gasteiger partial charge in [-0.3, -0.25) is 3.63 Å². The zero-order chi connectivity index (χ0) is 28.9. The first-order valence-electron chi connectivity index (χ1n) is 12.1. The van der Waals surface area contributed by atoms with Crippen LogP contribution in [0.25, 0.3) is 5.57 Å². The first-order valence-corrected chi connectivity index (χ1v) is 15.3. The zero-order valence-corrected chi connectivity index (χ0v) is 23.3. The topological polar surface area (TPSA) is 94.5 Å². The SMILES string of the molecule is Cc1ccc(C(CS([OH+]S(=O)(=O)c2ccc(C)cc2)(c2ccc(F)cc2)c2ccc(F)cc2)=C(C#N)C#N)cc1. The summed E-state index contributed by atoms with van der Waals surface area (Å²) in [7, 11) is -7.42. The van der Waals surface area contributed by atoms with Gasteiger partial charge in [0, 0.05) is 15.9 Å². The van der Waals surface area contributed by atoms with Gasteiger partial charge in [0.1, 0.15) is 34.2 Å². The van der Waals surface area contributed by atoms with E-state index >= 15 is 0 Å². The highest BCUT2D eigenvalue weighted by atomic mass is 32.3. The molecule has 0 spiro atoms. The summed E-state index contributed by atoms with van der Waals surface area (Å²) in [6.45, 7) is 3.71. The fourth-order valence-electron chi connectivity index (χ4n) is 4.08. The molecule has 0 saturated heterocycles. The number of benzene rings is 4. The molecule has 0 radical (unpaired) electrons. The zero-order valence-electron chi connectivity index (χ0n) is 21.7. The van der Waals surface area contributed by atoms with Crippen LogP contribution in [0.3, 0.4) is 0 Å². The number of allylic oxidation sites excluding steroid dienone is 1. The smallest absolute Gasteiger partial charge is 0.261 e. The van der Waals surface area contributed by atoms with Gasteiger partial charge in [-0.2, -0.15) is 10.5 Å². The molecule has 0 saturated carbocycles. The van der Waals surface area contributed by atoms with Gasteiger partial charge in [-0.15, -0.1) is 8.42 Å². The van der Waals surface area contributed by atoms with Gasteiger partial charge >= 0.3 is 10.1 Å². The number of nitrogens with zero attached hydrogens (tertiary/aromatic N) is 2. The summed E-state index contributed by atoms with van der Waals surface area (Å²) in [5.74, 6) is -1.27.